The molecule has 0 radical (unpaired) electrons. The van der Waals surface area contributed by atoms with Crippen molar-refractivity contribution in [3.8, 4) is 11.4 Å². The van der Waals surface area contributed by atoms with Crippen LogP contribution in [0.5, 0.6) is 5.75 Å². The number of hydrogen-bond donors (Lipinski definition) is 3. The number of alkyl halides is 3. The molecule has 6 rings (SSSR count). The van der Waals surface area contributed by atoms with Gasteiger partial charge in [0.1, 0.15) is 28.4 Å². The number of aliphatic hydroxyl groups excluding tert-OH is 1. The van der Waals surface area contributed by atoms with Crippen LogP contribution in [0.4, 0.5) is 17.6 Å². The maximum absolute atomic E-state index is 14.4. The second-order valence-electron chi connectivity index (χ2n) is 12.7. The third kappa shape index (κ3) is 7.64. The summed E-state index contributed by atoms with van der Waals surface area (Å²) in [7, 11) is 0. The first-order chi connectivity index (χ1) is 23.8. The van der Waals surface area contributed by atoms with Crippen molar-refractivity contribution in [3.05, 3.63) is 112 Å². The minimum absolute atomic E-state index is 0.00228. The van der Waals surface area contributed by atoms with Crippen molar-refractivity contribution in [2.24, 2.45) is 0 Å². The van der Waals surface area contributed by atoms with Crippen molar-refractivity contribution < 1.29 is 42.1 Å². The Morgan fingerprint density at radius 1 is 1.02 bits per heavy atom. The number of halogens is 5. The van der Waals surface area contributed by atoms with Gasteiger partial charge in [-0.3, -0.25) is 9.59 Å². The standard InChI is InChI=1S/C36H35ClF4N4O5/c37-32-30(31(36(39,40)41)43-45(32)26-11-9-24(38)10-12-26)34(49)44(21-22-5-2-1-3-6-22)25-13-16-35(17-14-25)18-15-29(50-35)33(48)42-20-28(47)23-7-4-8-27(46)19-23/h1-12,19,25,28-29,46-47H,13-18,20-21H2,(H,42,48). The van der Waals surface area contributed by atoms with Gasteiger partial charge in [-0.1, -0.05) is 54.1 Å². The number of aromatic nitrogens is 2. The fourth-order valence-electron chi connectivity index (χ4n) is 6.80. The van der Waals surface area contributed by atoms with Crippen molar-refractivity contribution >= 4 is 23.4 Å². The summed E-state index contributed by atoms with van der Waals surface area (Å²) in [5.74, 6) is -1.92. The lowest BCUT2D eigenvalue weighted by Crippen LogP contribution is -2.47. The smallest absolute Gasteiger partial charge is 0.436 e. The predicted octanol–water partition coefficient (Wildman–Crippen LogP) is 6.74. The van der Waals surface area contributed by atoms with Gasteiger partial charge in [-0.05, 0) is 86.1 Å². The quantitative estimate of drug-likeness (QED) is 0.166. The SMILES string of the molecule is O=C(NCC(O)c1cccc(O)c1)C1CCC2(CCC(N(Cc3ccccc3)C(=O)c3c(C(F)(F)F)nn(-c4ccc(F)cc4)c3Cl)CC2)O1. The molecule has 1 saturated carbocycles. The number of ether oxygens (including phenoxy) is 1. The van der Waals surface area contributed by atoms with Crippen LogP contribution in [0.3, 0.4) is 0 Å². The van der Waals surface area contributed by atoms with Crippen molar-refractivity contribution in [2.75, 3.05) is 6.54 Å². The summed E-state index contributed by atoms with van der Waals surface area (Å²) in [6.07, 6.45) is -4.06. The molecule has 2 aliphatic rings. The van der Waals surface area contributed by atoms with E-state index in [9.17, 15) is 37.4 Å². The number of aliphatic hydroxyl groups is 1. The zero-order valence-electron chi connectivity index (χ0n) is 26.7. The number of hydrogen-bond acceptors (Lipinski definition) is 6. The Balaban J connectivity index is 1.18. The number of phenols is 1. The minimum atomic E-state index is -5.01. The molecular formula is C36H35ClF4N4O5. The van der Waals surface area contributed by atoms with E-state index in [1.807, 2.05) is 0 Å². The summed E-state index contributed by atoms with van der Waals surface area (Å²) in [4.78, 5) is 28.6. The molecule has 0 bridgehead atoms. The molecule has 1 aromatic heterocycles. The number of rotatable bonds is 9. The Hall–Kier alpha value is -4.46. The average molecular weight is 715 g/mol. The molecule has 2 amide bonds. The zero-order chi connectivity index (χ0) is 35.6. The van der Waals surface area contributed by atoms with Crippen molar-refractivity contribution in [1.29, 1.82) is 0 Å². The van der Waals surface area contributed by atoms with Gasteiger partial charge in [0.25, 0.3) is 5.91 Å². The number of aromatic hydroxyl groups is 1. The topological polar surface area (TPSA) is 117 Å². The highest BCUT2D eigenvalue weighted by atomic mass is 35.5. The van der Waals surface area contributed by atoms with E-state index in [-0.39, 0.29) is 30.4 Å². The summed E-state index contributed by atoms with van der Waals surface area (Å²) >= 11 is 6.50. The molecule has 2 unspecified atom stereocenters. The average Bonchev–Trinajstić information content (AvgIpc) is 3.68. The normalized spacial score (nSPS) is 21.2. The van der Waals surface area contributed by atoms with Crippen molar-refractivity contribution in [2.45, 2.75) is 75.1 Å². The largest absolute Gasteiger partial charge is 0.508 e. The molecule has 2 heterocycles. The molecule has 1 spiro atoms. The third-order valence-electron chi connectivity index (χ3n) is 9.42. The first kappa shape index (κ1) is 35.4. The van der Waals surface area contributed by atoms with E-state index in [2.05, 4.69) is 10.4 Å². The Kier molecular flexibility index (Phi) is 10.2. The Bertz CT molecular complexity index is 1830. The summed E-state index contributed by atoms with van der Waals surface area (Å²) in [5.41, 5.74) is -1.66. The highest BCUT2D eigenvalue weighted by Gasteiger charge is 2.48. The number of benzene rings is 3. The highest BCUT2D eigenvalue weighted by molar-refractivity contribution is 6.33. The maximum atomic E-state index is 14.4. The molecule has 3 N–H and O–H groups in total. The van der Waals surface area contributed by atoms with Gasteiger partial charge < -0.3 is 25.2 Å². The summed E-state index contributed by atoms with van der Waals surface area (Å²) in [6.45, 7) is -0.0614. The van der Waals surface area contributed by atoms with E-state index < -0.39 is 58.2 Å². The van der Waals surface area contributed by atoms with E-state index in [4.69, 9.17) is 16.3 Å². The Morgan fingerprint density at radius 2 is 1.70 bits per heavy atom. The lowest BCUT2D eigenvalue weighted by molar-refractivity contribution is -0.142. The molecule has 1 aliphatic heterocycles. The number of carbonyl (C=O) groups is 2. The van der Waals surface area contributed by atoms with Crippen LogP contribution in [0.2, 0.25) is 5.15 Å². The lowest BCUT2D eigenvalue weighted by Gasteiger charge is -2.41. The van der Waals surface area contributed by atoms with Gasteiger partial charge in [0.15, 0.2) is 5.69 Å². The Labute approximate surface area is 290 Å². The number of nitrogens with zero attached hydrogens (tertiary/aromatic N) is 3. The monoisotopic (exact) mass is 714 g/mol. The maximum Gasteiger partial charge on any atom is 0.436 e. The van der Waals surface area contributed by atoms with Gasteiger partial charge in [0, 0.05) is 19.1 Å². The molecule has 1 saturated heterocycles. The molecule has 4 aromatic rings. The fourth-order valence-corrected chi connectivity index (χ4v) is 7.10. The minimum Gasteiger partial charge on any atom is -0.508 e. The molecular weight excluding hydrogens is 680 g/mol. The van der Waals surface area contributed by atoms with Crippen LogP contribution >= 0.6 is 11.6 Å². The molecule has 2 atom stereocenters. The van der Waals surface area contributed by atoms with Gasteiger partial charge in [0.05, 0.1) is 17.4 Å². The van der Waals surface area contributed by atoms with Gasteiger partial charge in [-0.2, -0.15) is 18.3 Å². The zero-order valence-corrected chi connectivity index (χ0v) is 27.5. The summed E-state index contributed by atoms with van der Waals surface area (Å²) in [6, 6.07) is 19.1. The molecule has 50 heavy (non-hydrogen) atoms. The molecule has 9 nitrogen and oxygen atoms in total. The van der Waals surface area contributed by atoms with E-state index >= 15 is 0 Å². The van der Waals surface area contributed by atoms with Crippen LogP contribution in [0.25, 0.3) is 5.69 Å². The second-order valence-corrected chi connectivity index (χ2v) is 13.1. The van der Waals surface area contributed by atoms with E-state index in [1.54, 1.807) is 42.5 Å². The number of carbonyl (C=O) groups excluding carboxylic acids is 2. The lowest BCUT2D eigenvalue weighted by atomic mass is 9.79. The number of amides is 2. The van der Waals surface area contributed by atoms with E-state index in [0.717, 1.165) is 16.8 Å². The van der Waals surface area contributed by atoms with Crippen LogP contribution in [-0.4, -0.2) is 61.0 Å². The summed E-state index contributed by atoms with van der Waals surface area (Å²) < 4.78 is 63.8. The van der Waals surface area contributed by atoms with Gasteiger partial charge in [-0.25, -0.2) is 9.07 Å². The van der Waals surface area contributed by atoms with Crippen molar-refractivity contribution in [3.63, 3.8) is 0 Å². The van der Waals surface area contributed by atoms with Crippen LogP contribution in [0.15, 0.2) is 78.9 Å². The second kappa shape index (κ2) is 14.4. The van der Waals surface area contributed by atoms with E-state index in [1.165, 1.54) is 29.2 Å². The van der Waals surface area contributed by atoms with Crippen molar-refractivity contribution in [1.82, 2.24) is 20.0 Å². The van der Waals surface area contributed by atoms with E-state index in [0.29, 0.717) is 49.7 Å². The molecule has 2 fully saturated rings. The summed E-state index contributed by atoms with van der Waals surface area (Å²) in [5, 5.41) is 26.0. The first-order valence-electron chi connectivity index (χ1n) is 16.2. The fraction of sp³-hybridized carbons (Fsp3) is 0.361. The molecule has 1 aliphatic carbocycles. The van der Waals surface area contributed by atoms with Gasteiger partial charge in [0.2, 0.25) is 5.91 Å². The van der Waals surface area contributed by atoms with Crippen LogP contribution in [0.1, 0.15) is 71.8 Å². The Morgan fingerprint density at radius 3 is 2.36 bits per heavy atom. The van der Waals surface area contributed by atoms with Crippen LogP contribution in [0, 0.1) is 5.82 Å². The van der Waals surface area contributed by atoms with Gasteiger partial charge in [-0.15, -0.1) is 0 Å². The molecule has 264 valence electrons. The predicted molar refractivity (Wildman–Crippen MR) is 175 cm³/mol. The first-order valence-corrected chi connectivity index (χ1v) is 16.6. The number of phenolic OH excluding ortho intramolecular Hbond substituents is 1. The van der Waals surface area contributed by atoms with Gasteiger partial charge >= 0.3 is 6.18 Å². The third-order valence-corrected chi connectivity index (χ3v) is 9.77. The molecule has 3 aromatic carbocycles. The number of nitrogens with one attached hydrogen (secondary N) is 1. The highest BCUT2D eigenvalue weighted by Crippen LogP contribution is 2.44. The van der Waals surface area contributed by atoms with Crippen LogP contribution in [-0.2, 0) is 22.3 Å². The van der Waals surface area contributed by atoms with Crippen LogP contribution < -0.4 is 5.32 Å². The molecule has 14 heteroatoms.